The van der Waals surface area contributed by atoms with Crippen LogP contribution in [-0.2, 0) is 15.9 Å². The van der Waals surface area contributed by atoms with Crippen LogP contribution in [0.5, 0.6) is 0 Å². The van der Waals surface area contributed by atoms with Gasteiger partial charge in [-0.25, -0.2) is 14.8 Å². The zero-order chi connectivity index (χ0) is 21.9. The maximum absolute atomic E-state index is 13.0. The number of hydrogen-bond acceptors (Lipinski definition) is 6. The Bertz CT molecular complexity index is 820. The summed E-state index contributed by atoms with van der Waals surface area (Å²) in [6, 6.07) is 9.98. The second kappa shape index (κ2) is 12.4. The van der Waals surface area contributed by atoms with E-state index in [9.17, 15) is 4.79 Å². The summed E-state index contributed by atoms with van der Waals surface area (Å²) < 4.78 is 11.0. The summed E-state index contributed by atoms with van der Waals surface area (Å²) >= 11 is 0. The number of benzene rings is 1. The quantitative estimate of drug-likeness (QED) is 0.370. The highest BCUT2D eigenvalue weighted by Crippen LogP contribution is 2.28. The Morgan fingerprint density at radius 1 is 1.00 bits per heavy atom. The van der Waals surface area contributed by atoms with Crippen molar-refractivity contribution >= 4 is 11.8 Å². The molecule has 2 heterocycles. The van der Waals surface area contributed by atoms with Crippen molar-refractivity contribution in [1.82, 2.24) is 9.97 Å². The molecule has 0 radical (unpaired) electrons. The van der Waals surface area contributed by atoms with Gasteiger partial charge in [0.2, 0.25) is 0 Å². The molecule has 0 bridgehead atoms. The fourth-order valence-electron chi connectivity index (χ4n) is 3.88. The molecular formula is C25H35N3O3. The highest BCUT2D eigenvalue weighted by atomic mass is 16.5. The van der Waals surface area contributed by atoms with E-state index in [4.69, 9.17) is 19.4 Å². The maximum atomic E-state index is 13.0. The zero-order valence-corrected chi connectivity index (χ0v) is 18.9. The van der Waals surface area contributed by atoms with Gasteiger partial charge in [-0.2, -0.15) is 0 Å². The summed E-state index contributed by atoms with van der Waals surface area (Å²) in [7, 11) is 0. The van der Waals surface area contributed by atoms with Crippen LogP contribution in [-0.4, -0.2) is 48.8 Å². The molecule has 1 aromatic carbocycles. The van der Waals surface area contributed by atoms with E-state index >= 15 is 0 Å². The number of unbranched alkanes of at least 4 members (excludes halogenated alkanes) is 5. The Labute approximate surface area is 186 Å². The van der Waals surface area contributed by atoms with E-state index in [0.29, 0.717) is 50.1 Å². The number of carbonyl (C=O) groups is 1. The van der Waals surface area contributed by atoms with Crippen molar-refractivity contribution in [2.24, 2.45) is 0 Å². The van der Waals surface area contributed by atoms with Crippen molar-refractivity contribution in [2.75, 3.05) is 37.8 Å². The minimum absolute atomic E-state index is 0.329. The topological polar surface area (TPSA) is 64.5 Å². The first-order valence-corrected chi connectivity index (χ1v) is 11.7. The van der Waals surface area contributed by atoms with Gasteiger partial charge in [0.15, 0.2) is 5.82 Å². The van der Waals surface area contributed by atoms with Crippen molar-refractivity contribution in [3.63, 3.8) is 0 Å². The van der Waals surface area contributed by atoms with Crippen molar-refractivity contribution in [3.8, 4) is 11.4 Å². The van der Waals surface area contributed by atoms with E-state index in [1.807, 2.05) is 37.3 Å². The fraction of sp³-hybridized carbons (Fsp3) is 0.560. The summed E-state index contributed by atoms with van der Waals surface area (Å²) in [6.07, 6.45) is 7.89. The first-order valence-electron chi connectivity index (χ1n) is 11.7. The molecular weight excluding hydrogens is 390 g/mol. The minimum atomic E-state index is -0.329. The van der Waals surface area contributed by atoms with Gasteiger partial charge >= 0.3 is 5.97 Å². The van der Waals surface area contributed by atoms with Gasteiger partial charge in [-0.05, 0) is 19.8 Å². The van der Waals surface area contributed by atoms with Crippen LogP contribution in [0.25, 0.3) is 11.4 Å². The second-order valence-electron chi connectivity index (χ2n) is 7.90. The van der Waals surface area contributed by atoms with Crippen LogP contribution < -0.4 is 4.90 Å². The van der Waals surface area contributed by atoms with E-state index in [2.05, 4.69) is 11.8 Å². The molecule has 0 N–H and O–H groups in total. The van der Waals surface area contributed by atoms with E-state index in [-0.39, 0.29) is 5.97 Å². The largest absolute Gasteiger partial charge is 0.462 e. The SMILES string of the molecule is CCCCCCCCc1nc(-c2ccccc2)nc(N2CCOCC2)c1C(=O)OCC. The van der Waals surface area contributed by atoms with Gasteiger partial charge in [0, 0.05) is 18.7 Å². The van der Waals surface area contributed by atoms with Crippen molar-refractivity contribution in [1.29, 1.82) is 0 Å². The molecule has 0 unspecified atom stereocenters. The molecule has 2 aromatic rings. The number of esters is 1. The number of morpholine rings is 1. The van der Waals surface area contributed by atoms with Crippen molar-refractivity contribution in [3.05, 3.63) is 41.6 Å². The van der Waals surface area contributed by atoms with Crippen molar-refractivity contribution in [2.45, 2.75) is 58.8 Å². The van der Waals surface area contributed by atoms with Crippen LogP contribution in [0.1, 0.15) is 68.4 Å². The lowest BCUT2D eigenvalue weighted by atomic mass is 10.0. The van der Waals surface area contributed by atoms with E-state index in [1.165, 1.54) is 25.7 Å². The number of hydrogen-bond donors (Lipinski definition) is 0. The normalized spacial score (nSPS) is 13.9. The standard InChI is InChI=1S/C25H35N3O3/c1-3-5-6-7-8-12-15-21-22(25(29)31-4-2)24(28-16-18-30-19-17-28)27-23(26-21)20-13-10-9-11-14-20/h9-11,13-14H,3-8,12,15-19H2,1-2H3. The smallest absolute Gasteiger partial charge is 0.343 e. The molecule has 1 aliphatic heterocycles. The van der Waals surface area contributed by atoms with Crippen LogP contribution in [0.2, 0.25) is 0 Å². The van der Waals surface area contributed by atoms with Crippen LogP contribution in [0.15, 0.2) is 30.3 Å². The maximum Gasteiger partial charge on any atom is 0.343 e. The summed E-state index contributed by atoms with van der Waals surface area (Å²) in [4.78, 5) is 24.8. The number of rotatable bonds is 11. The molecule has 1 saturated heterocycles. The summed E-state index contributed by atoms with van der Waals surface area (Å²) in [6.45, 7) is 7.05. The molecule has 6 heteroatoms. The number of anilines is 1. The van der Waals surface area contributed by atoms with Gasteiger partial charge in [-0.15, -0.1) is 0 Å². The number of carbonyl (C=O) groups excluding carboxylic acids is 1. The Balaban J connectivity index is 1.96. The van der Waals surface area contributed by atoms with Crippen LogP contribution in [0, 0.1) is 0 Å². The van der Waals surface area contributed by atoms with Gasteiger partial charge in [0.05, 0.1) is 25.5 Å². The van der Waals surface area contributed by atoms with Gasteiger partial charge in [0.25, 0.3) is 0 Å². The number of nitrogens with zero attached hydrogens (tertiary/aromatic N) is 3. The van der Waals surface area contributed by atoms with E-state index in [0.717, 1.165) is 30.5 Å². The van der Waals surface area contributed by atoms with Gasteiger partial charge in [-0.1, -0.05) is 69.4 Å². The Morgan fingerprint density at radius 3 is 2.42 bits per heavy atom. The van der Waals surface area contributed by atoms with Gasteiger partial charge in [-0.3, -0.25) is 0 Å². The predicted molar refractivity (Wildman–Crippen MR) is 124 cm³/mol. The second-order valence-corrected chi connectivity index (χ2v) is 7.90. The molecule has 0 saturated carbocycles. The number of aromatic nitrogens is 2. The molecule has 0 spiro atoms. The molecule has 0 aliphatic carbocycles. The lowest BCUT2D eigenvalue weighted by Crippen LogP contribution is -2.38. The molecule has 0 amide bonds. The van der Waals surface area contributed by atoms with Crippen LogP contribution in [0.4, 0.5) is 5.82 Å². The van der Waals surface area contributed by atoms with Crippen LogP contribution >= 0.6 is 0 Å². The summed E-state index contributed by atoms with van der Waals surface area (Å²) in [5.74, 6) is 1.01. The minimum Gasteiger partial charge on any atom is -0.462 e. The Hall–Kier alpha value is -2.47. The Morgan fingerprint density at radius 2 is 1.71 bits per heavy atom. The summed E-state index contributed by atoms with van der Waals surface area (Å²) in [5, 5.41) is 0. The average molecular weight is 426 g/mol. The van der Waals surface area contributed by atoms with Crippen molar-refractivity contribution < 1.29 is 14.3 Å². The van der Waals surface area contributed by atoms with Crippen LogP contribution in [0.3, 0.4) is 0 Å². The Kier molecular flexibility index (Phi) is 9.28. The zero-order valence-electron chi connectivity index (χ0n) is 18.9. The highest BCUT2D eigenvalue weighted by Gasteiger charge is 2.27. The number of ether oxygens (including phenoxy) is 2. The number of aryl methyl sites for hydroxylation is 1. The molecule has 31 heavy (non-hydrogen) atoms. The van der Waals surface area contributed by atoms with E-state index in [1.54, 1.807) is 0 Å². The third kappa shape index (κ3) is 6.50. The molecule has 3 rings (SSSR count). The molecule has 1 aliphatic rings. The molecule has 168 valence electrons. The third-order valence-corrected chi connectivity index (χ3v) is 5.55. The van der Waals surface area contributed by atoms with E-state index < -0.39 is 0 Å². The predicted octanol–water partition coefficient (Wildman–Crippen LogP) is 5.06. The van der Waals surface area contributed by atoms with Gasteiger partial charge in [0.1, 0.15) is 11.4 Å². The monoisotopic (exact) mass is 425 g/mol. The molecule has 6 nitrogen and oxygen atoms in total. The lowest BCUT2D eigenvalue weighted by molar-refractivity contribution is 0.0523. The molecule has 0 atom stereocenters. The first-order chi connectivity index (χ1) is 15.2. The first kappa shape index (κ1) is 23.2. The van der Waals surface area contributed by atoms with Gasteiger partial charge < -0.3 is 14.4 Å². The highest BCUT2D eigenvalue weighted by molar-refractivity contribution is 5.96. The molecule has 1 fully saturated rings. The average Bonchev–Trinajstić information content (AvgIpc) is 2.82. The summed E-state index contributed by atoms with van der Waals surface area (Å²) in [5.41, 5.74) is 2.28. The fourth-order valence-corrected chi connectivity index (χ4v) is 3.88. The lowest BCUT2D eigenvalue weighted by Gasteiger charge is -2.30. The molecule has 1 aromatic heterocycles. The third-order valence-electron chi connectivity index (χ3n) is 5.55.